The Balaban J connectivity index is 1.56. The number of hydrogen-bond donors (Lipinski definition) is 1. The smallest absolute Gasteiger partial charge is 0.277 e. The van der Waals surface area contributed by atoms with E-state index in [-0.39, 0.29) is 17.9 Å². The van der Waals surface area contributed by atoms with Gasteiger partial charge >= 0.3 is 0 Å². The number of aromatic nitrogens is 2. The molecule has 2 aromatic heterocycles. The van der Waals surface area contributed by atoms with Crippen LogP contribution in [-0.2, 0) is 11.3 Å². The number of amides is 2. The summed E-state index contributed by atoms with van der Waals surface area (Å²) in [4.78, 5) is 30.5. The Hall–Kier alpha value is -2.93. The van der Waals surface area contributed by atoms with Crippen molar-refractivity contribution in [1.82, 2.24) is 15.1 Å². The molecule has 34 heavy (non-hydrogen) atoms. The topological polar surface area (TPSA) is 67.2 Å². The van der Waals surface area contributed by atoms with E-state index in [0.29, 0.717) is 12.2 Å². The number of hydrogen-bond acceptors (Lipinski definition) is 4. The molecule has 1 N–H and O–H groups in total. The predicted molar refractivity (Wildman–Crippen MR) is 136 cm³/mol. The minimum atomic E-state index is -1.09. The van der Waals surface area contributed by atoms with Gasteiger partial charge in [0.25, 0.3) is 5.91 Å². The zero-order chi connectivity index (χ0) is 23.9. The number of rotatable bonds is 4. The van der Waals surface area contributed by atoms with Crippen LogP contribution in [0.1, 0.15) is 67.1 Å². The molecule has 1 saturated carbocycles. The van der Waals surface area contributed by atoms with E-state index in [2.05, 4.69) is 12.2 Å². The van der Waals surface area contributed by atoms with Crippen molar-refractivity contribution in [3.63, 3.8) is 0 Å². The van der Waals surface area contributed by atoms with Gasteiger partial charge in [0.1, 0.15) is 16.9 Å². The number of anilines is 1. The number of benzene rings is 1. The lowest BCUT2D eigenvalue weighted by atomic mass is 9.92. The van der Waals surface area contributed by atoms with Crippen molar-refractivity contribution in [2.75, 3.05) is 4.90 Å². The Kier molecular flexibility index (Phi) is 6.06. The van der Waals surface area contributed by atoms with Crippen LogP contribution in [0.2, 0.25) is 0 Å². The number of thiophene rings is 1. The molecule has 7 heteroatoms. The largest absolute Gasteiger partial charge is 0.351 e. The molecule has 0 radical (unpaired) electrons. The van der Waals surface area contributed by atoms with Gasteiger partial charge in [-0.15, -0.1) is 11.3 Å². The minimum absolute atomic E-state index is 0.107. The third-order valence-electron chi connectivity index (χ3n) is 7.36. The summed E-state index contributed by atoms with van der Waals surface area (Å²) in [7, 11) is 0. The number of nitrogens with one attached hydrogen (secondary N) is 1. The molecule has 0 unspecified atom stereocenters. The molecule has 1 aliphatic carbocycles. The van der Waals surface area contributed by atoms with Gasteiger partial charge in [-0.25, -0.2) is 0 Å². The van der Waals surface area contributed by atoms with E-state index in [1.165, 1.54) is 12.8 Å². The van der Waals surface area contributed by atoms with Crippen molar-refractivity contribution < 1.29 is 9.59 Å². The lowest BCUT2D eigenvalue weighted by molar-refractivity contribution is -0.127. The summed E-state index contributed by atoms with van der Waals surface area (Å²) in [6.07, 6.45) is 6.70. The Morgan fingerprint density at radius 1 is 1.09 bits per heavy atom. The number of aryl methyl sites for hydroxylation is 2. The van der Waals surface area contributed by atoms with Gasteiger partial charge in [0, 0.05) is 11.7 Å². The van der Waals surface area contributed by atoms with Gasteiger partial charge < -0.3 is 5.32 Å². The van der Waals surface area contributed by atoms with E-state index >= 15 is 0 Å². The highest BCUT2D eigenvalue weighted by atomic mass is 32.1. The molecular weight excluding hydrogens is 444 g/mol. The summed E-state index contributed by atoms with van der Waals surface area (Å²) in [5, 5.41) is 10.1. The zero-order valence-electron chi connectivity index (χ0n) is 20.1. The lowest BCUT2D eigenvalue weighted by Gasteiger charge is -2.44. The standard InChI is InChI=1S/C27H32N4O2S/c1-18-12-13-21(15-19(18)2)31-25(32)23-16-22(24-11-8-14-34-24)29-30(23)17-27(31,3)26(33)28-20-9-6-4-5-7-10-20/h8,11-16,20H,4-7,9-10,17H2,1-3H3,(H,28,33)/t27-/m1/s1. The summed E-state index contributed by atoms with van der Waals surface area (Å²) in [5.74, 6) is -0.298. The van der Waals surface area contributed by atoms with E-state index < -0.39 is 5.54 Å². The second kappa shape index (κ2) is 9.02. The lowest BCUT2D eigenvalue weighted by Crippen LogP contribution is -2.65. The van der Waals surface area contributed by atoms with Gasteiger partial charge in [-0.1, -0.05) is 37.8 Å². The fourth-order valence-corrected chi connectivity index (χ4v) is 5.84. The molecule has 178 valence electrons. The number of carbonyl (C=O) groups excluding carboxylic acids is 2. The van der Waals surface area contributed by atoms with Crippen LogP contribution in [0.3, 0.4) is 0 Å². The summed E-state index contributed by atoms with van der Waals surface area (Å²) < 4.78 is 1.72. The number of nitrogens with zero attached hydrogens (tertiary/aromatic N) is 3. The first-order valence-electron chi connectivity index (χ1n) is 12.2. The molecule has 5 rings (SSSR count). The van der Waals surface area contributed by atoms with Crippen LogP contribution >= 0.6 is 11.3 Å². The van der Waals surface area contributed by atoms with Crippen molar-refractivity contribution >= 4 is 28.8 Å². The van der Waals surface area contributed by atoms with Crippen LogP contribution in [0.4, 0.5) is 5.69 Å². The highest BCUT2D eigenvalue weighted by Crippen LogP contribution is 2.36. The molecule has 3 heterocycles. The van der Waals surface area contributed by atoms with E-state index in [9.17, 15) is 9.59 Å². The van der Waals surface area contributed by atoms with Crippen molar-refractivity contribution in [3.8, 4) is 10.6 Å². The molecule has 1 fully saturated rings. The van der Waals surface area contributed by atoms with Crippen molar-refractivity contribution in [3.05, 3.63) is 58.6 Å². The van der Waals surface area contributed by atoms with Crippen LogP contribution in [0.25, 0.3) is 10.6 Å². The molecule has 0 spiro atoms. The molecule has 0 bridgehead atoms. The van der Waals surface area contributed by atoms with Crippen LogP contribution < -0.4 is 10.2 Å². The summed E-state index contributed by atoms with van der Waals surface area (Å²) in [6, 6.07) is 12.0. The van der Waals surface area contributed by atoms with E-state index in [1.54, 1.807) is 20.9 Å². The molecule has 0 saturated heterocycles. The number of carbonyl (C=O) groups is 2. The van der Waals surface area contributed by atoms with E-state index in [0.717, 1.165) is 53.1 Å². The summed E-state index contributed by atoms with van der Waals surface area (Å²) in [6.45, 7) is 6.28. The fourth-order valence-electron chi connectivity index (χ4n) is 5.16. The van der Waals surface area contributed by atoms with Crippen LogP contribution in [-0.4, -0.2) is 33.2 Å². The van der Waals surface area contributed by atoms with Crippen molar-refractivity contribution in [1.29, 1.82) is 0 Å². The van der Waals surface area contributed by atoms with Gasteiger partial charge in [-0.05, 0) is 74.4 Å². The first kappa shape index (κ1) is 22.8. The van der Waals surface area contributed by atoms with Crippen LogP contribution in [0, 0.1) is 13.8 Å². The molecule has 2 amide bonds. The average Bonchev–Trinajstić information content (AvgIpc) is 3.42. The highest BCUT2D eigenvalue weighted by molar-refractivity contribution is 7.13. The van der Waals surface area contributed by atoms with Crippen LogP contribution in [0.15, 0.2) is 41.8 Å². The monoisotopic (exact) mass is 476 g/mol. The first-order valence-corrected chi connectivity index (χ1v) is 13.1. The Bertz CT molecular complexity index is 1210. The summed E-state index contributed by atoms with van der Waals surface area (Å²) >= 11 is 1.59. The highest BCUT2D eigenvalue weighted by Gasteiger charge is 2.49. The fraction of sp³-hybridized carbons (Fsp3) is 0.444. The van der Waals surface area contributed by atoms with Gasteiger partial charge in [-0.3, -0.25) is 19.2 Å². The normalized spacial score (nSPS) is 21.3. The molecule has 1 aliphatic heterocycles. The molecule has 1 aromatic carbocycles. The van der Waals surface area contributed by atoms with Crippen molar-refractivity contribution in [2.24, 2.45) is 0 Å². The Morgan fingerprint density at radius 3 is 2.53 bits per heavy atom. The molecule has 3 aromatic rings. The zero-order valence-corrected chi connectivity index (χ0v) is 21.0. The quantitative estimate of drug-likeness (QED) is 0.507. The maximum absolute atomic E-state index is 14.0. The second-order valence-electron chi connectivity index (χ2n) is 9.89. The SMILES string of the molecule is Cc1ccc(N2C(=O)c3cc(-c4cccs4)nn3C[C@]2(C)C(=O)NC2CCCCCC2)cc1C. The Labute approximate surface area is 205 Å². The average molecular weight is 477 g/mol. The maximum Gasteiger partial charge on any atom is 0.277 e. The van der Waals surface area contributed by atoms with E-state index in [1.807, 2.05) is 55.6 Å². The molecule has 6 nitrogen and oxygen atoms in total. The summed E-state index contributed by atoms with van der Waals surface area (Å²) in [5.41, 5.74) is 3.19. The Morgan fingerprint density at radius 2 is 1.85 bits per heavy atom. The van der Waals surface area contributed by atoms with Crippen molar-refractivity contribution in [2.45, 2.75) is 77.4 Å². The number of fused-ring (bicyclic) bond motifs is 1. The molecule has 2 aliphatic rings. The molecular formula is C27H32N4O2S. The van der Waals surface area contributed by atoms with Gasteiger partial charge in [-0.2, -0.15) is 5.10 Å². The third kappa shape index (κ3) is 4.06. The minimum Gasteiger partial charge on any atom is -0.351 e. The predicted octanol–water partition coefficient (Wildman–Crippen LogP) is 5.49. The van der Waals surface area contributed by atoms with Gasteiger partial charge in [0.2, 0.25) is 5.91 Å². The second-order valence-corrected chi connectivity index (χ2v) is 10.8. The maximum atomic E-state index is 14.0. The van der Waals surface area contributed by atoms with Crippen LogP contribution in [0.5, 0.6) is 0 Å². The first-order chi connectivity index (χ1) is 16.4. The third-order valence-corrected chi connectivity index (χ3v) is 8.25. The molecule has 1 atom stereocenters. The van der Waals surface area contributed by atoms with Gasteiger partial charge in [0.15, 0.2) is 0 Å². The van der Waals surface area contributed by atoms with E-state index in [4.69, 9.17) is 5.10 Å². The van der Waals surface area contributed by atoms with Gasteiger partial charge in [0.05, 0.1) is 11.4 Å².